The van der Waals surface area contributed by atoms with E-state index < -0.39 is 0 Å². The Morgan fingerprint density at radius 3 is 2.80 bits per heavy atom. The number of carbonyl (C=O) groups excluding carboxylic acids is 1. The zero-order valence-corrected chi connectivity index (χ0v) is 14.5. The average molecular weight is 340 g/mol. The van der Waals surface area contributed by atoms with Crippen LogP contribution in [0.15, 0.2) is 36.5 Å². The molecule has 6 heteroatoms. The standard InChI is InChI=1S/C19H24N4O2/c1-14-18(12-23(21-14)17-5-3-2-4-6-17)20-19(24)22(16-7-8-16)11-15-9-10-25-13-15/h2-6,12,15-16H,7-11,13H2,1H3,(H,20,24)/t15-/m0/s1. The average Bonchev–Trinajstić information content (AvgIpc) is 3.21. The number of hydrogen-bond acceptors (Lipinski definition) is 3. The molecular weight excluding hydrogens is 316 g/mol. The molecule has 1 saturated carbocycles. The number of hydrogen-bond donors (Lipinski definition) is 1. The molecule has 0 unspecified atom stereocenters. The summed E-state index contributed by atoms with van der Waals surface area (Å²) in [6.07, 6.45) is 5.13. The van der Waals surface area contributed by atoms with Crippen LogP contribution in [0.25, 0.3) is 5.69 Å². The van der Waals surface area contributed by atoms with E-state index in [1.165, 1.54) is 0 Å². The van der Waals surface area contributed by atoms with Crippen LogP contribution < -0.4 is 5.32 Å². The summed E-state index contributed by atoms with van der Waals surface area (Å²) in [5.41, 5.74) is 2.56. The first-order valence-corrected chi connectivity index (χ1v) is 8.98. The molecule has 0 bridgehead atoms. The van der Waals surface area contributed by atoms with Crippen LogP contribution in [0.5, 0.6) is 0 Å². The van der Waals surface area contributed by atoms with E-state index in [-0.39, 0.29) is 6.03 Å². The molecule has 0 spiro atoms. The van der Waals surface area contributed by atoms with E-state index in [4.69, 9.17) is 4.74 Å². The van der Waals surface area contributed by atoms with Gasteiger partial charge in [0.1, 0.15) is 0 Å². The predicted molar refractivity (Wildman–Crippen MR) is 96.0 cm³/mol. The van der Waals surface area contributed by atoms with Crippen molar-refractivity contribution in [3.63, 3.8) is 0 Å². The van der Waals surface area contributed by atoms with Crippen molar-refractivity contribution in [2.24, 2.45) is 5.92 Å². The van der Waals surface area contributed by atoms with E-state index in [9.17, 15) is 4.79 Å². The molecule has 2 aliphatic rings. The maximum absolute atomic E-state index is 12.8. The fourth-order valence-corrected chi connectivity index (χ4v) is 3.27. The summed E-state index contributed by atoms with van der Waals surface area (Å²) in [6, 6.07) is 10.3. The van der Waals surface area contributed by atoms with Crippen molar-refractivity contribution in [3.8, 4) is 5.69 Å². The van der Waals surface area contributed by atoms with Crippen LogP contribution in [0, 0.1) is 12.8 Å². The lowest BCUT2D eigenvalue weighted by atomic mass is 10.1. The molecule has 2 fully saturated rings. The third-order valence-corrected chi connectivity index (χ3v) is 4.89. The normalized spacial score (nSPS) is 19.8. The predicted octanol–water partition coefficient (Wildman–Crippen LogP) is 3.21. The maximum atomic E-state index is 12.8. The van der Waals surface area contributed by atoms with Gasteiger partial charge in [-0.2, -0.15) is 5.10 Å². The number of nitrogens with one attached hydrogen (secondary N) is 1. The Balaban J connectivity index is 1.46. The van der Waals surface area contributed by atoms with Gasteiger partial charge in [0.15, 0.2) is 0 Å². The van der Waals surface area contributed by atoms with Gasteiger partial charge in [0.25, 0.3) is 0 Å². The molecule has 6 nitrogen and oxygen atoms in total. The topological polar surface area (TPSA) is 59.4 Å². The summed E-state index contributed by atoms with van der Waals surface area (Å²) >= 11 is 0. The molecule has 1 aliphatic carbocycles. The molecule has 1 N–H and O–H groups in total. The van der Waals surface area contributed by atoms with Crippen LogP contribution in [0.4, 0.5) is 10.5 Å². The summed E-state index contributed by atoms with van der Waals surface area (Å²) in [5, 5.41) is 7.58. The Bertz CT molecular complexity index is 733. The number of para-hydroxylation sites is 1. The smallest absolute Gasteiger partial charge is 0.322 e. The van der Waals surface area contributed by atoms with E-state index in [0.717, 1.165) is 56.1 Å². The number of aromatic nitrogens is 2. The van der Waals surface area contributed by atoms with Gasteiger partial charge in [0, 0.05) is 25.1 Å². The molecule has 1 aromatic heterocycles. The van der Waals surface area contributed by atoms with E-state index in [2.05, 4.69) is 10.4 Å². The minimum absolute atomic E-state index is 0.0230. The lowest BCUT2D eigenvalue weighted by molar-refractivity contribution is 0.167. The molecule has 0 radical (unpaired) electrons. The highest BCUT2D eigenvalue weighted by Crippen LogP contribution is 2.30. The number of ether oxygens (including phenoxy) is 1. The molecule has 1 aliphatic heterocycles. The minimum Gasteiger partial charge on any atom is -0.381 e. The Morgan fingerprint density at radius 2 is 2.12 bits per heavy atom. The van der Waals surface area contributed by atoms with Gasteiger partial charge < -0.3 is 15.0 Å². The van der Waals surface area contributed by atoms with Crippen LogP contribution in [-0.4, -0.2) is 46.5 Å². The molecular formula is C19H24N4O2. The van der Waals surface area contributed by atoms with Crippen molar-refractivity contribution in [1.82, 2.24) is 14.7 Å². The summed E-state index contributed by atoms with van der Waals surface area (Å²) in [5.74, 6) is 0.458. The number of benzene rings is 1. The number of amides is 2. The fraction of sp³-hybridized carbons (Fsp3) is 0.474. The highest BCUT2D eigenvalue weighted by atomic mass is 16.5. The van der Waals surface area contributed by atoms with Gasteiger partial charge in [-0.3, -0.25) is 0 Å². The zero-order valence-electron chi connectivity index (χ0n) is 14.5. The molecule has 2 heterocycles. The summed E-state index contributed by atoms with van der Waals surface area (Å²) in [7, 11) is 0. The van der Waals surface area contributed by atoms with Crippen molar-refractivity contribution in [2.45, 2.75) is 32.2 Å². The van der Waals surface area contributed by atoms with Gasteiger partial charge >= 0.3 is 6.03 Å². The second kappa shape index (κ2) is 6.88. The van der Waals surface area contributed by atoms with Crippen molar-refractivity contribution in [2.75, 3.05) is 25.1 Å². The van der Waals surface area contributed by atoms with Crippen molar-refractivity contribution >= 4 is 11.7 Å². The largest absolute Gasteiger partial charge is 0.381 e. The van der Waals surface area contributed by atoms with E-state index in [0.29, 0.717) is 12.0 Å². The van der Waals surface area contributed by atoms with Gasteiger partial charge in [-0.05, 0) is 38.3 Å². The molecule has 1 atom stereocenters. The number of rotatable bonds is 5. The first kappa shape index (κ1) is 16.1. The summed E-state index contributed by atoms with van der Waals surface area (Å²) in [6.45, 7) is 4.28. The van der Waals surface area contributed by atoms with Crippen molar-refractivity contribution in [1.29, 1.82) is 0 Å². The number of aryl methyl sites for hydroxylation is 1. The van der Waals surface area contributed by atoms with Crippen molar-refractivity contribution in [3.05, 3.63) is 42.2 Å². The van der Waals surface area contributed by atoms with Crippen LogP contribution in [0.2, 0.25) is 0 Å². The van der Waals surface area contributed by atoms with Crippen LogP contribution in [0.3, 0.4) is 0 Å². The first-order valence-electron chi connectivity index (χ1n) is 8.98. The molecule has 2 aromatic rings. The summed E-state index contributed by atoms with van der Waals surface area (Å²) in [4.78, 5) is 14.8. The fourth-order valence-electron chi connectivity index (χ4n) is 3.27. The van der Waals surface area contributed by atoms with E-state index in [1.54, 1.807) is 4.68 Å². The molecule has 4 rings (SSSR count). The second-order valence-electron chi connectivity index (χ2n) is 6.95. The number of carbonyl (C=O) groups is 1. The third-order valence-electron chi connectivity index (χ3n) is 4.89. The Kier molecular flexibility index (Phi) is 4.44. The highest BCUT2D eigenvalue weighted by molar-refractivity contribution is 5.90. The monoisotopic (exact) mass is 340 g/mol. The molecule has 25 heavy (non-hydrogen) atoms. The van der Waals surface area contributed by atoms with Crippen molar-refractivity contribution < 1.29 is 9.53 Å². The Morgan fingerprint density at radius 1 is 1.32 bits per heavy atom. The molecule has 132 valence electrons. The Labute approximate surface area is 147 Å². The first-order chi connectivity index (χ1) is 12.2. The third kappa shape index (κ3) is 3.69. The SMILES string of the molecule is Cc1nn(-c2ccccc2)cc1NC(=O)N(C[C@@H]1CCOC1)C1CC1. The van der Waals surface area contributed by atoms with E-state index >= 15 is 0 Å². The quantitative estimate of drug-likeness (QED) is 0.909. The van der Waals surface area contributed by atoms with Gasteiger partial charge in [-0.25, -0.2) is 9.48 Å². The van der Waals surface area contributed by atoms with Gasteiger partial charge in [-0.1, -0.05) is 18.2 Å². The minimum atomic E-state index is -0.0230. The van der Waals surface area contributed by atoms with Crippen LogP contribution in [0.1, 0.15) is 25.0 Å². The number of anilines is 1. The second-order valence-corrected chi connectivity index (χ2v) is 6.95. The van der Waals surface area contributed by atoms with Crippen LogP contribution >= 0.6 is 0 Å². The van der Waals surface area contributed by atoms with E-state index in [1.807, 2.05) is 48.4 Å². The van der Waals surface area contributed by atoms with Gasteiger partial charge in [-0.15, -0.1) is 0 Å². The maximum Gasteiger partial charge on any atom is 0.322 e. The highest BCUT2D eigenvalue weighted by Gasteiger charge is 2.35. The number of nitrogens with zero attached hydrogens (tertiary/aromatic N) is 3. The lowest BCUT2D eigenvalue weighted by Crippen LogP contribution is -2.40. The molecule has 1 saturated heterocycles. The number of urea groups is 1. The van der Waals surface area contributed by atoms with Gasteiger partial charge in [0.05, 0.1) is 29.9 Å². The zero-order chi connectivity index (χ0) is 17.2. The van der Waals surface area contributed by atoms with Crippen LogP contribution in [-0.2, 0) is 4.74 Å². The summed E-state index contributed by atoms with van der Waals surface area (Å²) < 4.78 is 7.26. The lowest BCUT2D eigenvalue weighted by Gasteiger charge is -2.25. The molecule has 1 aromatic carbocycles. The Hall–Kier alpha value is -2.34. The molecule has 2 amide bonds. The van der Waals surface area contributed by atoms with Gasteiger partial charge in [0.2, 0.25) is 0 Å².